The van der Waals surface area contributed by atoms with Gasteiger partial charge >= 0.3 is 5.97 Å². The van der Waals surface area contributed by atoms with Crippen molar-refractivity contribution < 1.29 is 14.3 Å². The molecule has 1 aromatic rings. The van der Waals surface area contributed by atoms with Gasteiger partial charge in [-0.25, -0.2) is 0 Å². The summed E-state index contributed by atoms with van der Waals surface area (Å²) in [7, 11) is 0. The van der Waals surface area contributed by atoms with Crippen LogP contribution in [0.4, 0.5) is 0 Å². The summed E-state index contributed by atoms with van der Waals surface area (Å²) in [6, 6.07) is 3.61. The zero-order valence-corrected chi connectivity index (χ0v) is 9.54. The van der Waals surface area contributed by atoms with E-state index < -0.39 is 0 Å². The van der Waals surface area contributed by atoms with Crippen molar-refractivity contribution in [1.29, 1.82) is 0 Å². The van der Waals surface area contributed by atoms with E-state index in [2.05, 4.69) is 4.98 Å². The fourth-order valence-corrected chi connectivity index (χ4v) is 1.66. The summed E-state index contributed by atoms with van der Waals surface area (Å²) >= 11 is 0. The molecular formula is C13H15NO3. The molecule has 0 unspecified atom stereocenters. The van der Waals surface area contributed by atoms with Crippen molar-refractivity contribution in [3.63, 3.8) is 0 Å². The number of ether oxygens (including phenoxy) is 2. The number of esters is 1. The van der Waals surface area contributed by atoms with Crippen LogP contribution in [0.1, 0.15) is 12.8 Å². The normalized spacial score (nSPS) is 14.8. The van der Waals surface area contributed by atoms with Crippen LogP contribution in [0.25, 0.3) is 0 Å². The van der Waals surface area contributed by atoms with Gasteiger partial charge < -0.3 is 9.47 Å². The second kappa shape index (κ2) is 6.03. The Morgan fingerprint density at radius 1 is 1.35 bits per heavy atom. The molecule has 0 bridgehead atoms. The van der Waals surface area contributed by atoms with Crippen molar-refractivity contribution in [3.8, 4) is 5.75 Å². The molecule has 1 aromatic heterocycles. The van der Waals surface area contributed by atoms with Gasteiger partial charge in [0, 0.05) is 6.20 Å². The number of hydrogen-bond acceptors (Lipinski definition) is 4. The van der Waals surface area contributed by atoms with Crippen molar-refractivity contribution in [2.45, 2.75) is 12.8 Å². The Labute approximate surface area is 100 Å². The summed E-state index contributed by atoms with van der Waals surface area (Å²) in [6.45, 7) is 0.641. The zero-order valence-electron chi connectivity index (χ0n) is 9.54. The smallest absolute Gasteiger partial charge is 0.309 e. The lowest BCUT2D eigenvalue weighted by Crippen LogP contribution is -2.18. The molecule has 1 aliphatic rings. The molecule has 0 saturated heterocycles. The van der Waals surface area contributed by atoms with Crippen LogP contribution in [-0.4, -0.2) is 24.2 Å². The number of hydrogen-bond donors (Lipinski definition) is 0. The lowest BCUT2D eigenvalue weighted by Gasteiger charge is -2.10. The second-order valence-electron chi connectivity index (χ2n) is 3.84. The van der Waals surface area contributed by atoms with Crippen LogP contribution in [0.5, 0.6) is 5.75 Å². The van der Waals surface area contributed by atoms with E-state index in [1.54, 1.807) is 18.5 Å². The number of allylic oxidation sites excluding steroid dienone is 2. The van der Waals surface area contributed by atoms with E-state index in [-0.39, 0.29) is 18.5 Å². The third-order valence-electron chi connectivity index (χ3n) is 2.57. The second-order valence-corrected chi connectivity index (χ2v) is 3.84. The van der Waals surface area contributed by atoms with Crippen LogP contribution in [0.15, 0.2) is 36.7 Å². The molecule has 0 aromatic carbocycles. The number of nitrogens with zero attached hydrogens (tertiary/aromatic N) is 1. The molecule has 0 amide bonds. The van der Waals surface area contributed by atoms with Crippen molar-refractivity contribution >= 4 is 5.97 Å². The first-order valence-corrected chi connectivity index (χ1v) is 5.71. The molecule has 4 nitrogen and oxygen atoms in total. The highest BCUT2D eigenvalue weighted by atomic mass is 16.6. The Hall–Kier alpha value is -1.84. The molecule has 2 rings (SSSR count). The summed E-state index contributed by atoms with van der Waals surface area (Å²) in [4.78, 5) is 15.4. The van der Waals surface area contributed by atoms with Crippen LogP contribution in [0, 0.1) is 5.92 Å². The highest BCUT2D eigenvalue weighted by Crippen LogP contribution is 2.18. The van der Waals surface area contributed by atoms with E-state index >= 15 is 0 Å². The van der Waals surface area contributed by atoms with Crippen molar-refractivity contribution in [1.82, 2.24) is 4.98 Å². The minimum atomic E-state index is -0.134. The van der Waals surface area contributed by atoms with Gasteiger partial charge in [-0.05, 0) is 25.0 Å². The lowest BCUT2D eigenvalue weighted by molar-refractivity contribution is -0.148. The molecule has 0 N–H and O–H groups in total. The van der Waals surface area contributed by atoms with Gasteiger partial charge in [0.05, 0.1) is 12.1 Å². The van der Waals surface area contributed by atoms with Gasteiger partial charge in [0.2, 0.25) is 0 Å². The quantitative estimate of drug-likeness (QED) is 0.443. The molecule has 4 heteroatoms. The largest absolute Gasteiger partial charge is 0.488 e. The first-order valence-electron chi connectivity index (χ1n) is 5.71. The Kier molecular flexibility index (Phi) is 4.13. The minimum absolute atomic E-state index is 0.00777. The third-order valence-corrected chi connectivity index (χ3v) is 2.57. The van der Waals surface area contributed by atoms with Crippen molar-refractivity contribution in [3.05, 3.63) is 36.7 Å². The Balaban J connectivity index is 1.61. The summed E-state index contributed by atoms with van der Waals surface area (Å²) in [5, 5.41) is 0. The van der Waals surface area contributed by atoms with Crippen LogP contribution >= 0.6 is 0 Å². The number of carbonyl (C=O) groups is 1. The summed E-state index contributed by atoms with van der Waals surface area (Å²) in [6.07, 6.45) is 8.92. The first-order chi connectivity index (χ1) is 8.36. The molecule has 1 heterocycles. The number of pyridine rings is 1. The van der Waals surface area contributed by atoms with Crippen LogP contribution < -0.4 is 4.74 Å². The molecule has 1 aliphatic carbocycles. The average Bonchev–Trinajstić information content (AvgIpc) is 2.89. The molecule has 0 fully saturated rings. The van der Waals surface area contributed by atoms with Crippen LogP contribution in [0.3, 0.4) is 0 Å². The minimum Gasteiger partial charge on any atom is -0.488 e. The van der Waals surface area contributed by atoms with E-state index in [0.717, 1.165) is 12.8 Å². The van der Waals surface area contributed by atoms with E-state index in [9.17, 15) is 4.79 Å². The van der Waals surface area contributed by atoms with Crippen molar-refractivity contribution in [2.75, 3.05) is 13.2 Å². The Morgan fingerprint density at radius 2 is 2.18 bits per heavy atom. The predicted octanol–water partition coefficient (Wildman–Crippen LogP) is 1.97. The van der Waals surface area contributed by atoms with Crippen LogP contribution in [-0.2, 0) is 9.53 Å². The molecule has 17 heavy (non-hydrogen) atoms. The molecule has 0 aliphatic heterocycles. The molecule has 0 radical (unpaired) electrons. The number of aromatic nitrogens is 1. The molecule has 0 atom stereocenters. The summed E-state index contributed by atoms with van der Waals surface area (Å²) in [5.74, 6) is 0.560. The summed E-state index contributed by atoms with van der Waals surface area (Å²) < 4.78 is 10.5. The van der Waals surface area contributed by atoms with Gasteiger partial charge in [0.15, 0.2) is 0 Å². The fourth-order valence-electron chi connectivity index (χ4n) is 1.66. The third kappa shape index (κ3) is 3.59. The van der Waals surface area contributed by atoms with Gasteiger partial charge in [-0.1, -0.05) is 12.2 Å². The van der Waals surface area contributed by atoms with Gasteiger partial charge in [0.25, 0.3) is 0 Å². The maximum atomic E-state index is 11.5. The van der Waals surface area contributed by atoms with Gasteiger partial charge in [-0.3, -0.25) is 9.78 Å². The maximum Gasteiger partial charge on any atom is 0.309 e. The Bertz CT molecular complexity index is 381. The number of rotatable bonds is 5. The predicted molar refractivity (Wildman–Crippen MR) is 62.6 cm³/mol. The van der Waals surface area contributed by atoms with Crippen LogP contribution in [0.2, 0.25) is 0 Å². The molecule has 0 saturated carbocycles. The first kappa shape index (κ1) is 11.6. The standard InChI is InChI=1S/C13H15NO3/c15-13(11-4-1-2-5-11)17-9-8-16-12-6-3-7-14-10-12/h1-3,6-7,10-11H,4-5,8-9H2. The average molecular weight is 233 g/mol. The van der Waals surface area contributed by atoms with E-state index in [4.69, 9.17) is 9.47 Å². The molecule has 0 spiro atoms. The lowest BCUT2D eigenvalue weighted by atomic mass is 10.1. The summed E-state index contributed by atoms with van der Waals surface area (Å²) in [5.41, 5.74) is 0. The van der Waals surface area contributed by atoms with E-state index in [0.29, 0.717) is 12.4 Å². The maximum absolute atomic E-state index is 11.5. The molecule has 90 valence electrons. The zero-order chi connectivity index (χ0) is 11.9. The Morgan fingerprint density at radius 3 is 2.88 bits per heavy atom. The van der Waals surface area contributed by atoms with Gasteiger partial charge in [-0.2, -0.15) is 0 Å². The highest BCUT2D eigenvalue weighted by molar-refractivity contribution is 5.73. The highest BCUT2D eigenvalue weighted by Gasteiger charge is 2.20. The van der Waals surface area contributed by atoms with E-state index in [1.807, 2.05) is 18.2 Å². The SMILES string of the molecule is O=C(OCCOc1cccnc1)C1CC=CC1. The van der Waals surface area contributed by atoms with Gasteiger partial charge in [0.1, 0.15) is 19.0 Å². The fraction of sp³-hybridized carbons (Fsp3) is 0.385. The molecular weight excluding hydrogens is 218 g/mol. The van der Waals surface area contributed by atoms with Crippen molar-refractivity contribution in [2.24, 2.45) is 5.92 Å². The number of carbonyl (C=O) groups excluding carboxylic acids is 1. The topological polar surface area (TPSA) is 48.4 Å². The monoisotopic (exact) mass is 233 g/mol. The van der Waals surface area contributed by atoms with Gasteiger partial charge in [-0.15, -0.1) is 0 Å². The van der Waals surface area contributed by atoms with E-state index in [1.165, 1.54) is 0 Å².